The number of hydrogen-bond donors (Lipinski definition) is 2. The highest BCUT2D eigenvalue weighted by atomic mass is 35.5. The molecule has 184 valence electrons. The van der Waals surface area contributed by atoms with Gasteiger partial charge in [-0.2, -0.15) is 0 Å². The van der Waals surface area contributed by atoms with Gasteiger partial charge in [0, 0.05) is 11.2 Å². The Morgan fingerprint density at radius 1 is 1.29 bits per heavy atom. The predicted octanol–water partition coefficient (Wildman–Crippen LogP) is 6.67. The van der Waals surface area contributed by atoms with Crippen molar-refractivity contribution in [1.82, 2.24) is 10.2 Å². The number of benzene rings is 1. The number of nitrogens with zero attached hydrogens (tertiary/aromatic N) is 1. The summed E-state index contributed by atoms with van der Waals surface area (Å²) in [6.07, 6.45) is 5.76. The summed E-state index contributed by atoms with van der Waals surface area (Å²) in [5, 5.41) is 13.6. The van der Waals surface area contributed by atoms with E-state index in [2.05, 4.69) is 59.0 Å². The maximum absolute atomic E-state index is 13.4. The largest absolute Gasteiger partial charge is 0.481 e. The van der Waals surface area contributed by atoms with Crippen molar-refractivity contribution in [3.8, 4) is 0 Å². The van der Waals surface area contributed by atoms with Crippen LogP contribution in [0.25, 0.3) is 0 Å². The van der Waals surface area contributed by atoms with E-state index in [1.165, 1.54) is 12.0 Å². The molecular formula is C28H37ClN2O3. The minimum absolute atomic E-state index is 0.150. The number of carbonyl (C=O) groups is 2. The topological polar surface area (TPSA) is 69.6 Å². The molecule has 0 aromatic heterocycles. The lowest BCUT2D eigenvalue weighted by molar-refractivity contribution is -0.215. The third-order valence-corrected chi connectivity index (χ3v) is 9.74. The average Bonchev–Trinajstić information content (AvgIpc) is 3.47. The third kappa shape index (κ3) is 3.26. The summed E-state index contributed by atoms with van der Waals surface area (Å²) in [6, 6.07) is 6.18. The molecule has 2 bridgehead atoms. The summed E-state index contributed by atoms with van der Waals surface area (Å²) in [4.78, 5) is 26.8. The number of halogens is 1. The molecule has 4 saturated carbocycles. The standard InChI is InChI=1S/C28H37ClN2O3/c1-7-16(2)21-12-31(28-13-27(14-28,15-28)23(32)33)24(34)30-26(21,6)17-8-9-18(22(29)10-17)19-11-20(19)25(3,4)5/h8-10,12,16,19-20H,7,11,13-15H2,1-6H3,(H,30,34)(H,32,33)/t16-,19-,20?,26-,27?,28?/m0/s1. The van der Waals surface area contributed by atoms with Crippen LogP contribution in [0.15, 0.2) is 30.0 Å². The van der Waals surface area contributed by atoms with Crippen LogP contribution in [0.3, 0.4) is 0 Å². The van der Waals surface area contributed by atoms with Crippen molar-refractivity contribution >= 4 is 23.6 Å². The minimum Gasteiger partial charge on any atom is -0.481 e. The number of rotatable bonds is 6. The van der Waals surface area contributed by atoms with Gasteiger partial charge in [0.25, 0.3) is 0 Å². The fraction of sp³-hybridized carbons (Fsp3) is 0.643. The van der Waals surface area contributed by atoms with E-state index >= 15 is 0 Å². The van der Waals surface area contributed by atoms with Gasteiger partial charge in [-0.15, -0.1) is 0 Å². The molecule has 5 nitrogen and oxygen atoms in total. The van der Waals surface area contributed by atoms with Gasteiger partial charge in [0.15, 0.2) is 0 Å². The van der Waals surface area contributed by atoms with Crippen molar-refractivity contribution in [1.29, 1.82) is 0 Å². The average molecular weight is 485 g/mol. The van der Waals surface area contributed by atoms with Crippen LogP contribution in [-0.4, -0.2) is 27.5 Å². The van der Waals surface area contributed by atoms with Crippen LogP contribution in [0.2, 0.25) is 5.02 Å². The fourth-order valence-corrected chi connectivity index (χ4v) is 7.28. The molecule has 0 spiro atoms. The number of amides is 2. The van der Waals surface area contributed by atoms with E-state index in [1.54, 1.807) is 4.90 Å². The number of carboxylic acids is 1. The van der Waals surface area contributed by atoms with E-state index in [0.29, 0.717) is 31.1 Å². The zero-order chi connectivity index (χ0) is 24.8. The van der Waals surface area contributed by atoms with Gasteiger partial charge in [-0.3, -0.25) is 9.69 Å². The van der Waals surface area contributed by atoms with Crippen LogP contribution in [0.4, 0.5) is 4.79 Å². The quantitative estimate of drug-likeness (QED) is 0.473. The van der Waals surface area contributed by atoms with Gasteiger partial charge >= 0.3 is 12.0 Å². The molecule has 2 amide bonds. The summed E-state index contributed by atoms with van der Waals surface area (Å²) in [6.45, 7) is 13.3. The zero-order valence-corrected chi connectivity index (χ0v) is 21.9. The van der Waals surface area contributed by atoms with Crippen LogP contribution in [0, 0.1) is 22.7 Å². The van der Waals surface area contributed by atoms with Crippen LogP contribution in [0.5, 0.6) is 0 Å². The van der Waals surface area contributed by atoms with E-state index in [9.17, 15) is 14.7 Å². The molecule has 1 aromatic rings. The number of nitrogens with one attached hydrogen (secondary N) is 1. The monoisotopic (exact) mass is 484 g/mol. The highest BCUT2D eigenvalue weighted by molar-refractivity contribution is 6.31. The van der Waals surface area contributed by atoms with E-state index in [0.717, 1.165) is 22.6 Å². The molecule has 0 radical (unpaired) electrons. The highest BCUT2D eigenvalue weighted by Gasteiger charge is 2.75. The van der Waals surface area contributed by atoms with Gasteiger partial charge in [-0.1, -0.05) is 58.4 Å². The Morgan fingerprint density at radius 2 is 1.94 bits per heavy atom. The van der Waals surface area contributed by atoms with Crippen molar-refractivity contribution < 1.29 is 14.7 Å². The Labute approximate surface area is 207 Å². The first kappa shape index (κ1) is 23.7. The molecule has 4 atom stereocenters. The maximum atomic E-state index is 13.4. The lowest BCUT2D eigenvalue weighted by atomic mass is 9.38. The van der Waals surface area contributed by atoms with Crippen molar-refractivity contribution in [3.05, 3.63) is 46.1 Å². The summed E-state index contributed by atoms with van der Waals surface area (Å²) in [7, 11) is 0. The SMILES string of the molecule is CC[C@H](C)C1=CN(C23CC(C(=O)O)(C2)C3)C(=O)N[C@@]1(C)c1ccc([C@@H]2CC2C(C)(C)C)c(Cl)c1. The van der Waals surface area contributed by atoms with Gasteiger partial charge < -0.3 is 10.4 Å². The minimum atomic E-state index is -0.734. The Bertz CT molecular complexity index is 1080. The van der Waals surface area contributed by atoms with Crippen LogP contribution < -0.4 is 5.32 Å². The molecule has 4 aliphatic carbocycles. The first-order valence-corrected chi connectivity index (χ1v) is 13.0. The first-order valence-electron chi connectivity index (χ1n) is 12.6. The molecular weight excluding hydrogens is 448 g/mol. The summed E-state index contributed by atoms with van der Waals surface area (Å²) in [5.74, 6) is 0.663. The van der Waals surface area contributed by atoms with E-state index in [4.69, 9.17) is 11.6 Å². The molecule has 1 unspecified atom stereocenters. The normalized spacial score (nSPS) is 37.2. The summed E-state index contributed by atoms with van der Waals surface area (Å²) < 4.78 is 0. The van der Waals surface area contributed by atoms with Crippen LogP contribution in [0.1, 0.15) is 90.7 Å². The molecule has 2 N–H and O–H groups in total. The fourth-order valence-electron chi connectivity index (χ4n) is 6.96. The lowest BCUT2D eigenvalue weighted by Crippen LogP contribution is -2.78. The zero-order valence-electron chi connectivity index (χ0n) is 21.2. The van der Waals surface area contributed by atoms with Gasteiger partial charge in [-0.05, 0) is 85.0 Å². The second-order valence-electron chi connectivity index (χ2n) is 12.7. The van der Waals surface area contributed by atoms with Crippen LogP contribution in [-0.2, 0) is 10.3 Å². The van der Waals surface area contributed by atoms with Crippen molar-refractivity contribution in [2.75, 3.05) is 0 Å². The number of urea groups is 1. The van der Waals surface area contributed by atoms with E-state index < -0.39 is 16.9 Å². The third-order valence-electron chi connectivity index (χ3n) is 9.41. The number of hydrogen-bond acceptors (Lipinski definition) is 2. The molecule has 4 fully saturated rings. The molecule has 1 heterocycles. The Morgan fingerprint density at radius 3 is 2.44 bits per heavy atom. The maximum Gasteiger partial charge on any atom is 0.322 e. The van der Waals surface area contributed by atoms with Gasteiger partial charge in [0.2, 0.25) is 0 Å². The first-order chi connectivity index (χ1) is 15.8. The van der Waals surface area contributed by atoms with E-state index in [-0.39, 0.29) is 22.9 Å². The van der Waals surface area contributed by atoms with Crippen molar-refractivity contribution in [2.24, 2.45) is 22.7 Å². The predicted molar refractivity (Wildman–Crippen MR) is 134 cm³/mol. The number of aliphatic carboxylic acids is 1. The molecule has 6 rings (SSSR count). The number of carboxylic acid groups (broad SMARTS) is 1. The molecule has 34 heavy (non-hydrogen) atoms. The molecule has 1 aliphatic heterocycles. The molecule has 5 aliphatic rings. The van der Waals surface area contributed by atoms with E-state index in [1.807, 2.05) is 12.3 Å². The molecule has 0 saturated heterocycles. The second kappa shape index (κ2) is 7.25. The highest BCUT2D eigenvalue weighted by Crippen LogP contribution is 2.70. The van der Waals surface area contributed by atoms with Crippen molar-refractivity contribution in [2.45, 2.75) is 90.6 Å². The second-order valence-corrected chi connectivity index (χ2v) is 13.1. The smallest absolute Gasteiger partial charge is 0.322 e. The summed E-state index contributed by atoms with van der Waals surface area (Å²) in [5.41, 5.74) is 1.98. The number of carbonyl (C=O) groups excluding carboxylic acids is 1. The van der Waals surface area contributed by atoms with Crippen LogP contribution >= 0.6 is 11.6 Å². The Balaban J connectivity index is 1.46. The van der Waals surface area contributed by atoms with Crippen molar-refractivity contribution in [3.63, 3.8) is 0 Å². The Kier molecular flexibility index (Phi) is 5.06. The molecule has 6 heteroatoms. The summed E-state index contributed by atoms with van der Waals surface area (Å²) >= 11 is 6.84. The van der Waals surface area contributed by atoms with Gasteiger partial charge in [0.1, 0.15) is 0 Å². The Hall–Kier alpha value is -2.01. The lowest BCUT2D eigenvalue weighted by Gasteiger charge is -2.71. The molecule has 1 aromatic carbocycles. The van der Waals surface area contributed by atoms with Gasteiger partial charge in [0.05, 0.1) is 16.5 Å². The van der Waals surface area contributed by atoms with Gasteiger partial charge in [-0.25, -0.2) is 4.79 Å².